The molecule has 0 amide bonds. The number of halogens is 1. The second-order valence-electron chi connectivity index (χ2n) is 4.99. The number of para-hydroxylation sites is 1. The van der Waals surface area contributed by atoms with E-state index in [1.165, 1.54) is 0 Å². The molecule has 0 aliphatic carbocycles. The molecule has 0 aliphatic heterocycles. The van der Waals surface area contributed by atoms with Gasteiger partial charge in [-0.3, -0.25) is 0 Å². The van der Waals surface area contributed by atoms with E-state index in [4.69, 9.17) is 17.3 Å². The lowest BCUT2D eigenvalue weighted by atomic mass is 10.1. The van der Waals surface area contributed by atoms with E-state index < -0.39 is 0 Å². The topological polar surface area (TPSA) is 56.7 Å². The van der Waals surface area contributed by atoms with Crippen LogP contribution in [0.15, 0.2) is 18.2 Å². The Kier molecular flexibility index (Phi) is 4.78. The first-order chi connectivity index (χ1) is 9.56. The van der Waals surface area contributed by atoms with Gasteiger partial charge < -0.3 is 5.73 Å². The minimum Gasteiger partial charge on any atom is -0.328 e. The summed E-state index contributed by atoms with van der Waals surface area (Å²) in [5, 5.41) is 5.26. The summed E-state index contributed by atoms with van der Waals surface area (Å²) in [7, 11) is 0. The molecule has 1 unspecified atom stereocenters. The Labute approximate surface area is 125 Å². The SMILES string of the molecule is CCc1nc(CC)n(-c2c(Cl)cccc2CC(C)N)n1. The molecule has 1 aromatic heterocycles. The molecule has 0 saturated heterocycles. The molecule has 1 heterocycles. The highest BCUT2D eigenvalue weighted by Crippen LogP contribution is 2.26. The molecule has 5 heteroatoms. The van der Waals surface area contributed by atoms with Gasteiger partial charge in [-0.05, 0) is 25.0 Å². The number of aromatic nitrogens is 3. The predicted octanol–water partition coefficient (Wildman–Crippen LogP) is 2.94. The number of benzene rings is 1. The van der Waals surface area contributed by atoms with E-state index in [9.17, 15) is 0 Å². The molecular weight excluding hydrogens is 272 g/mol. The van der Waals surface area contributed by atoms with Crippen LogP contribution in [0.25, 0.3) is 5.69 Å². The van der Waals surface area contributed by atoms with Crippen molar-refractivity contribution in [1.29, 1.82) is 0 Å². The van der Waals surface area contributed by atoms with Crippen molar-refractivity contribution in [3.63, 3.8) is 0 Å². The quantitative estimate of drug-likeness (QED) is 0.922. The van der Waals surface area contributed by atoms with E-state index in [1.54, 1.807) is 0 Å². The number of rotatable bonds is 5. The van der Waals surface area contributed by atoms with Gasteiger partial charge >= 0.3 is 0 Å². The van der Waals surface area contributed by atoms with Gasteiger partial charge in [-0.15, -0.1) is 0 Å². The normalized spacial score (nSPS) is 12.7. The van der Waals surface area contributed by atoms with Crippen molar-refractivity contribution in [2.75, 3.05) is 0 Å². The summed E-state index contributed by atoms with van der Waals surface area (Å²) in [6, 6.07) is 5.96. The number of hydrogen-bond donors (Lipinski definition) is 1. The third kappa shape index (κ3) is 3.02. The molecule has 0 aliphatic rings. The van der Waals surface area contributed by atoms with E-state index >= 15 is 0 Å². The Morgan fingerprint density at radius 1 is 1.30 bits per heavy atom. The lowest BCUT2D eigenvalue weighted by Gasteiger charge is -2.14. The zero-order valence-corrected chi connectivity index (χ0v) is 13.0. The van der Waals surface area contributed by atoms with Crippen LogP contribution >= 0.6 is 11.6 Å². The summed E-state index contributed by atoms with van der Waals surface area (Å²) in [6.45, 7) is 6.11. The smallest absolute Gasteiger partial charge is 0.151 e. The van der Waals surface area contributed by atoms with Crippen molar-refractivity contribution < 1.29 is 0 Å². The first-order valence-electron chi connectivity index (χ1n) is 7.04. The van der Waals surface area contributed by atoms with Crippen LogP contribution in [0.2, 0.25) is 5.02 Å². The third-order valence-electron chi connectivity index (χ3n) is 3.17. The van der Waals surface area contributed by atoms with E-state index in [0.717, 1.165) is 42.2 Å². The van der Waals surface area contributed by atoms with Crippen LogP contribution in [0, 0.1) is 0 Å². The van der Waals surface area contributed by atoms with Gasteiger partial charge in [0.1, 0.15) is 5.82 Å². The van der Waals surface area contributed by atoms with E-state index in [2.05, 4.69) is 30.0 Å². The first-order valence-corrected chi connectivity index (χ1v) is 7.42. The fourth-order valence-corrected chi connectivity index (χ4v) is 2.53. The molecule has 108 valence electrons. The molecule has 0 saturated carbocycles. The maximum absolute atomic E-state index is 6.40. The lowest BCUT2D eigenvalue weighted by Crippen LogP contribution is -2.19. The van der Waals surface area contributed by atoms with Crippen LogP contribution in [-0.4, -0.2) is 20.8 Å². The summed E-state index contributed by atoms with van der Waals surface area (Å²) in [5.74, 6) is 1.77. The fourth-order valence-electron chi connectivity index (χ4n) is 2.26. The average molecular weight is 293 g/mol. The van der Waals surface area contributed by atoms with Crippen LogP contribution in [0.4, 0.5) is 0 Å². The Morgan fingerprint density at radius 2 is 2.05 bits per heavy atom. The molecule has 2 aromatic rings. The van der Waals surface area contributed by atoms with E-state index in [-0.39, 0.29) is 6.04 Å². The van der Waals surface area contributed by atoms with Gasteiger partial charge in [-0.25, -0.2) is 9.67 Å². The lowest BCUT2D eigenvalue weighted by molar-refractivity contribution is 0.718. The molecular formula is C15H21ClN4. The van der Waals surface area contributed by atoms with Crippen molar-refractivity contribution >= 4 is 11.6 Å². The summed E-state index contributed by atoms with van der Waals surface area (Å²) < 4.78 is 1.87. The molecule has 0 bridgehead atoms. The van der Waals surface area contributed by atoms with Crippen molar-refractivity contribution in [2.45, 2.75) is 46.1 Å². The van der Waals surface area contributed by atoms with Gasteiger partial charge in [-0.2, -0.15) is 5.10 Å². The highest BCUT2D eigenvalue weighted by atomic mass is 35.5. The van der Waals surface area contributed by atoms with Crippen LogP contribution in [0.1, 0.15) is 38.0 Å². The summed E-state index contributed by atoms with van der Waals surface area (Å²) in [4.78, 5) is 4.55. The summed E-state index contributed by atoms with van der Waals surface area (Å²) in [6.07, 6.45) is 2.39. The Morgan fingerprint density at radius 3 is 2.65 bits per heavy atom. The maximum Gasteiger partial charge on any atom is 0.151 e. The van der Waals surface area contributed by atoms with E-state index in [1.807, 2.05) is 23.7 Å². The molecule has 20 heavy (non-hydrogen) atoms. The third-order valence-corrected chi connectivity index (χ3v) is 3.48. The van der Waals surface area contributed by atoms with Crippen LogP contribution in [0.3, 0.4) is 0 Å². The van der Waals surface area contributed by atoms with E-state index in [0.29, 0.717) is 5.02 Å². The second-order valence-corrected chi connectivity index (χ2v) is 5.40. The molecule has 2 rings (SSSR count). The fraction of sp³-hybridized carbons (Fsp3) is 0.467. The number of nitrogens with zero attached hydrogens (tertiary/aromatic N) is 3. The summed E-state index contributed by atoms with van der Waals surface area (Å²) >= 11 is 6.40. The second kappa shape index (κ2) is 6.37. The highest BCUT2D eigenvalue weighted by Gasteiger charge is 2.16. The monoisotopic (exact) mass is 292 g/mol. The van der Waals surface area contributed by atoms with Crippen molar-refractivity contribution in [3.05, 3.63) is 40.4 Å². The zero-order chi connectivity index (χ0) is 14.7. The Hall–Kier alpha value is -1.39. The molecule has 2 N–H and O–H groups in total. The molecule has 1 aromatic carbocycles. The zero-order valence-electron chi connectivity index (χ0n) is 12.2. The average Bonchev–Trinajstić information content (AvgIpc) is 2.81. The van der Waals surface area contributed by atoms with Crippen molar-refractivity contribution in [1.82, 2.24) is 14.8 Å². The van der Waals surface area contributed by atoms with Crippen LogP contribution in [0.5, 0.6) is 0 Å². The largest absolute Gasteiger partial charge is 0.328 e. The maximum atomic E-state index is 6.40. The first kappa shape index (κ1) is 15.0. The number of nitrogens with two attached hydrogens (primary N) is 1. The van der Waals surface area contributed by atoms with Crippen molar-refractivity contribution in [2.24, 2.45) is 5.73 Å². The molecule has 4 nitrogen and oxygen atoms in total. The van der Waals surface area contributed by atoms with Crippen LogP contribution < -0.4 is 5.73 Å². The van der Waals surface area contributed by atoms with Crippen molar-refractivity contribution in [3.8, 4) is 5.69 Å². The molecule has 0 fully saturated rings. The minimum absolute atomic E-state index is 0.0754. The van der Waals surface area contributed by atoms with Gasteiger partial charge in [0, 0.05) is 18.9 Å². The number of hydrogen-bond acceptors (Lipinski definition) is 3. The summed E-state index contributed by atoms with van der Waals surface area (Å²) in [5.41, 5.74) is 7.95. The van der Waals surface area contributed by atoms with Gasteiger partial charge in [0.15, 0.2) is 5.82 Å². The van der Waals surface area contributed by atoms with Crippen LogP contribution in [-0.2, 0) is 19.3 Å². The molecule has 0 spiro atoms. The Balaban J connectivity index is 2.58. The van der Waals surface area contributed by atoms with Gasteiger partial charge in [0.2, 0.25) is 0 Å². The van der Waals surface area contributed by atoms with Gasteiger partial charge in [-0.1, -0.05) is 37.6 Å². The minimum atomic E-state index is 0.0754. The standard InChI is InChI=1S/C15H21ClN4/c1-4-13-18-14(5-2)20(19-13)15-11(9-10(3)17)7-6-8-12(15)16/h6-8,10H,4-5,9,17H2,1-3H3. The van der Waals surface area contributed by atoms with Gasteiger partial charge in [0.05, 0.1) is 10.7 Å². The predicted molar refractivity (Wildman–Crippen MR) is 82.5 cm³/mol. The Bertz CT molecular complexity index is 590. The molecule has 0 radical (unpaired) electrons. The van der Waals surface area contributed by atoms with Gasteiger partial charge in [0.25, 0.3) is 0 Å². The highest BCUT2D eigenvalue weighted by molar-refractivity contribution is 6.32. The molecule has 1 atom stereocenters. The number of aryl methyl sites for hydroxylation is 2.